The number of rotatable bonds is 9. The summed E-state index contributed by atoms with van der Waals surface area (Å²) in [6.45, 7) is 5.08. The molecule has 1 fully saturated rings. The van der Waals surface area contributed by atoms with E-state index in [-0.39, 0.29) is 11.7 Å². The summed E-state index contributed by atoms with van der Waals surface area (Å²) >= 11 is 1.26. The summed E-state index contributed by atoms with van der Waals surface area (Å²) in [5.41, 5.74) is 1.51. The Balaban J connectivity index is 1.47. The van der Waals surface area contributed by atoms with Crippen LogP contribution in [0.5, 0.6) is 5.75 Å². The molecular formula is C23H26N6O3S. The average molecular weight is 467 g/mol. The Kier molecular flexibility index (Phi) is 7.94. The van der Waals surface area contributed by atoms with Crippen molar-refractivity contribution in [1.82, 2.24) is 15.0 Å². The Bertz CT molecular complexity index is 1060. The molecule has 10 heteroatoms. The quantitative estimate of drug-likeness (QED) is 0.458. The van der Waals surface area contributed by atoms with Gasteiger partial charge in [0.1, 0.15) is 5.75 Å². The third kappa shape index (κ3) is 6.56. The van der Waals surface area contributed by atoms with Crippen molar-refractivity contribution in [3.8, 4) is 5.75 Å². The van der Waals surface area contributed by atoms with E-state index in [9.17, 15) is 4.79 Å². The van der Waals surface area contributed by atoms with Crippen LogP contribution in [-0.4, -0.2) is 59.5 Å². The Morgan fingerprint density at radius 1 is 1.06 bits per heavy atom. The minimum Gasteiger partial charge on any atom is -0.492 e. The topological polar surface area (TPSA) is 102 Å². The number of nitrogens with zero attached hydrogens (tertiary/aromatic N) is 4. The fourth-order valence-electron chi connectivity index (χ4n) is 3.19. The van der Waals surface area contributed by atoms with Crippen LogP contribution in [-0.2, 0) is 9.53 Å². The van der Waals surface area contributed by atoms with E-state index in [4.69, 9.17) is 9.47 Å². The lowest BCUT2D eigenvalue weighted by molar-refractivity contribution is -0.113. The number of nitrogens with one attached hydrogen (secondary N) is 2. The summed E-state index contributed by atoms with van der Waals surface area (Å²) in [6.07, 6.45) is 0. The van der Waals surface area contributed by atoms with Gasteiger partial charge in [-0.3, -0.25) is 4.79 Å². The molecule has 0 aliphatic carbocycles. The summed E-state index contributed by atoms with van der Waals surface area (Å²) in [4.78, 5) is 28.4. The van der Waals surface area contributed by atoms with Gasteiger partial charge in [-0.1, -0.05) is 42.1 Å². The molecule has 0 atom stereocenters. The van der Waals surface area contributed by atoms with Crippen molar-refractivity contribution >= 4 is 40.9 Å². The molecule has 2 aromatic carbocycles. The minimum atomic E-state index is -0.168. The lowest BCUT2D eigenvalue weighted by Crippen LogP contribution is -2.37. The molecular weight excluding hydrogens is 440 g/mol. The molecule has 0 unspecified atom stereocenters. The monoisotopic (exact) mass is 466 g/mol. The van der Waals surface area contributed by atoms with Crippen molar-refractivity contribution in [3.63, 3.8) is 0 Å². The van der Waals surface area contributed by atoms with Gasteiger partial charge in [0.2, 0.25) is 17.8 Å². The Hall–Kier alpha value is -3.37. The first kappa shape index (κ1) is 22.8. The predicted octanol–water partition coefficient (Wildman–Crippen LogP) is 3.58. The summed E-state index contributed by atoms with van der Waals surface area (Å²) in [6, 6.07) is 17.1. The molecule has 3 aromatic rings. The number of morpholine rings is 1. The van der Waals surface area contributed by atoms with E-state index in [0.717, 1.165) is 5.69 Å². The van der Waals surface area contributed by atoms with Crippen molar-refractivity contribution in [3.05, 3.63) is 54.6 Å². The van der Waals surface area contributed by atoms with Gasteiger partial charge >= 0.3 is 0 Å². The molecule has 1 aliphatic heterocycles. The molecule has 9 nitrogen and oxygen atoms in total. The van der Waals surface area contributed by atoms with Crippen LogP contribution in [0.15, 0.2) is 59.8 Å². The molecule has 1 aliphatic rings. The van der Waals surface area contributed by atoms with Gasteiger partial charge < -0.3 is 25.0 Å². The number of carbonyl (C=O) groups is 1. The van der Waals surface area contributed by atoms with E-state index in [1.807, 2.05) is 61.5 Å². The Morgan fingerprint density at radius 2 is 1.82 bits per heavy atom. The minimum absolute atomic E-state index is 0.151. The Morgan fingerprint density at radius 3 is 2.61 bits per heavy atom. The molecule has 4 rings (SSSR count). The van der Waals surface area contributed by atoms with Crippen LogP contribution in [0.3, 0.4) is 0 Å². The van der Waals surface area contributed by atoms with Gasteiger partial charge in [0.05, 0.1) is 31.3 Å². The molecule has 1 aromatic heterocycles. The first-order chi connectivity index (χ1) is 16.2. The number of hydrogen-bond acceptors (Lipinski definition) is 9. The maximum Gasteiger partial charge on any atom is 0.234 e. The van der Waals surface area contributed by atoms with E-state index in [2.05, 4.69) is 30.5 Å². The van der Waals surface area contributed by atoms with E-state index in [1.165, 1.54) is 11.8 Å². The second kappa shape index (κ2) is 11.5. The van der Waals surface area contributed by atoms with Gasteiger partial charge in [-0.2, -0.15) is 15.0 Å². The van der Waals surface area contributed by atoms with Gasteiger partial charge in [0, 0.05) is 18.8 Å². The summed E-state index contributed by atoms with van der Waals surface area (Å²) in [5, 5.41) is 6.59. The third-order valence-corrected chi connectivity index (χ3v) is 5.57. The predicted molar refractivity (Wildman–Crippen MR) is 130 cm³/mol. The first-order valence-electron chi connectivity index (χ1n) is 10.8. The highest BCUT2D eigenvalue weighted by atomic mass is 32.2. The Labute approximate surface area is 196 Å². The standard InChI is InChI=1S/C23H26N6O3S/c1-2-32-19-11-7-6-10-18(19)25-20(30)16-33-23-27-21(24-17-8-4-3-5-9-17)26-22(28-23)29-12-14-31-15-13-29/h3-11H,2,12-16H2,1H3,(H,25,30)(H,24,26,27,28). The molecule has 1 saturated heterocycles. The van der Waals surface area contributed by atoms with Crippen LogP contribution in [0, 0.1) is 0 Å². The zero-order valence-corrected chi connectivity index (χ0v) is 19.2. The van der Waals surface area contributed by atoms with Gasteiger partial charge in [-0.15, -0.1) is 0 Å². The molecule has 2 N–H and O–H groups in total. The van der Waals surface area contributed by atoms with Crippen LogP contribution in [0.4, 0.5) is 23.3 Å². The van der Waals surface area contributed by atoms with Crippen molar-refractivity contribution < 1.29 is 14.3 Å². The van der Waals surface area contributed by atoms with E-state index >= 15 is 0 Å². The number of anilines is 4. The summed E-state index contributed by atoms with van der Waals surface area (Å²) in [5.74, 6) is 1.62. The highest BCUT2D eigenvalue weighted by molar-refractivity contribution is 7.99. The molecule has 0 saturated carbocycles. The van der Waals surface area contributed by atoms with Crippen LogP contribution in [0.1, 0.15) is 6.92 Å². The number of carbonyl (C=O) groups excluding carboxylic acids is 1. The van der Waals surface area contributed by atoms with Crippen LogP contribution < -0.4 is 20.3 Å². The number of para-hydroxylation sites is 3. The van der Waals surface area contributed by atoms with E-state index in [0.29, 0.717) is 61.4 Å². The highest BCUT2D eigenvalue weighted by Crippen LogP contribution is 2.25. The lowest BCUT2D eigenvalue weighted by atomic mass is 10.3. The fraction of sp³-hybridized carbons (Fsp3) is 0.304. The molecule has 0 radical (unpaired) electrons. The van der Waals surface area contributed by atoms with Gasteiger partial charge in [0.15, 0.2) is 5.16 Å². The second-order valence-corrected chi connectivity index (χ2v) is 8.04. The number of benzene rings is 2. The lowest BCUT2D eigenvalue weighted by Gasteiger charge is -2.27. The zero-order chi connectivity index (χ0) is 22.9. The fourth-order valence-corrected chi connectivity index (χ4v) is 3.82. The zero-order valence-electron chi connectivity index (χ0n) is 18.4. The van der Waals surface area contributed by atoms with Crippen LogP contribution >= 0.6 is 11.8 Å². The normalized spacial score (nSPS) is 13.4. The van der Waals surface area contributed by atoms with Gasteiger partial charge in [-0.05, 0) is 31.2 Å². The summed E-state index contributed by atoms with van der Waals surface area (Å²) < 4.78 is 11.0. The smallest absolute Gasteiger partial charge is 0.234 e. The van der Waals surface area contributed by atoms with Crippen LogP contribution in [0.2, 0.25) is 0 Å². The molecule has 1 amide bonds. The molecule has 33 heavy (non-hydrogen) atoms. The van der Waals surface area contributed by atoms with Crippen molar-refractivity contribution in [1.29, 1.82) is 0 Å². The molecule has 2 heterocycles. The number of aromatic nitrogens is 3. The van der Waals surface area contributed by atoms with Crippen molar-refractivity contribution in [2.24, 2.45) is 0 Å². The number of thioether (sulfide) groups is 1. The maximum absolute atomic E-state index is 12.6. The highest BCUT2D eigenvalue weighted by Gasteiger charge is 2.18. The first-order valence-corrected chi connectivity index (χ1v) is 11.7. The second-order valence-electron chi connectivity index (χ2n) is 7.10. The summed E-state index contributed by atoms with van der Waals surface area (Å²) in [7, 11) is 0. The molecule has 0 bridgehead atoms. The number of hydrogen-bond donors (Lipinski definition) is 2. The average Bonchev–Trinajstić information content (AvgIpc) is 2.85. The third-order valence-electron chi connectivity index (χ3n) is 4.72. The van der Waals surface area contributed by atoms with Gasteiger partial charge in [-0.25, -0.2) is 0 Å². The number of amides is 1. The van der Waals surface area contributed by atoms with Crippen molar-refractivity contribution in [2.45, 2.75) is 12.1 Å². The molecule has 172 valence electrons. The van der Waals surface area contributed by atoms with Crippen LogP contribution in [0.25, 0.3) is 0 Å². The maximum atomic E-state index is 12.6. The SMILES string of the molecule is CCOc1ccccc1NC(=O)CSc1nc(Nc2ccccc2)nc(N2CCOCC2)n1. The largest absolute Gasteiger partial charge is 0.492 e. The van der Waals surface area contributed by atoms with Crippen molar-refractivity contribution in [2.75, 3.05) is 54.2 Å². The van der Waals surface area contributed by atoms with E-state index in [1.54, 1.807) is 0 Å². The molecule has 0 spiro atoms. The van der Waals surface area contributed by atoms with Gasteiger partial charge in [0.25, 0.3) is 0 Å². The number of ether oxygens (including phenoxy) is 2. The van der Waals surface area contributed by atoms with E-state index < -0.39 is 0 Å².